The highest BCUT2D eigenvalue weighted by Gasteiger charge is 2.08. The van der Waals surface area contributed by atoms with E-state index in [-0.39, 0.29) is 6.17 Å². The number of rotatable bonds is 2. The van der Waals surface area contributed by atoms with Gasteiger partial charge in [0.15, 0.2) is 0 Å². The molecule has 3 nitrogen and oxygen atoms in total. The van der Waals surface area contributed by atoms with Crippen LogP contribution in [0.2, 0.25) is 0 Å². The molecule has 0 saturated heterocycles. The third-order valence-corrected chi connectivity index (χ3v) is 1.65. The Balaban J connectivity index is 2.96. The van der Waals surface area contributed by atoms with Crippen molar-refractivity contribution in [2.24, 2.45) is 5.73 Å². The molecule has 11 heavy (non-hydrogen) atoms. The lowest BCUT2D eigenvalue weighted by Crippen LogP contribution is -2.17. The van der Waals surface area contributed by atoms with Gasteiger partial charge in [0.2, 0.25) is 0 Å². The van der Waals surface area contributed by atoms with E-state index in [1.165, 1.54) is 0 Å². The highest BCUT2D eigenvalue weighted by atomic mass is 15.1. The van der Waals surface area contributed by atoms with Crippen LogP contribution in [0.1, 0.15) is 38.7 Å². The van der Waals surface area contributed by atoms with Crippen LogP contribution >= 0.6 is 0 Å². The SMILES string of the molecule is CC(C)c1nccn1C(C)N. The van der Waals surface area contributed by atoms with Gasteiger partial charge in [0, 0.05) is 18.3 Å². The van der Waals surface area contributed by atoms with Crippen LogP contribution in [-0.4, -0.2) is 9.55 Å². The molecule has 1 unspecified atom stereocenters. The lowest BCUT2D eigenvalue weighted by Gasteiger charge is -2.12. The molecule has 1 atom stereocenters. The zero-order valence-corrected chi connectivity index (χ0v) is 7.28. The van der Waals surface area contributed by atoms with Crippen LogP contribution in [0.4, 0.5) is 0 Å². The van der Waals surface area contributed by atoms with E-state index in [0.717, 1.165) is 5.82 Å². The predicted molar refractivity (Wildman–Crippen MR) is 45.2 cm³/mol. The molecule has 2 N–H and O–H groups in total. The normalized spacial score (nSPS) is 13.9. The molecule has 0 bridgehead atoms. The van der Waals surface area contributed by atoms with Crippen LogP contribution in [0.3, 0.4) is 0 Å². The molecule has 0 aliphatic rings. The fourth-order valence-electron chi connectivity index (χ4n) is 1.12. The summed E-state index contributed by atoms with van der Waals surface area (Å²) in [5, 5.41) is 0. The molecule has 1 aromatic heterocycles. The summed E-state index contributed by atoms with van der Waals surface area (Å²) in [6.07, 6.45) is 3.73. The van der Waals surface area contributed by atoms with Crippen molar-refractivity contribution in [3.8, 4) is 0 Å². The molecule has 0 aromatic carbocycles. The second kappa shape index (κ2) is 3.05. The number of imidazole rings is 1. The van der Waals surface area contributed by atoms with E-state index in [4.69, 9.17) is 5.73 Å². The average Bonchev–Trinajstić information content (AvgIpc) is 2.32. The van der Waals surface area contributed by atoms with Gasteiger partial charge in [-0.2, -0.15) is 0 Å². The molecule has 62 valence electrons. The maximum absolute atomic E-state index is 5.72. The van der Waals surface area contributed by atoms with Crippen molar-refractivity contribution < 1.29 is 0 Å². The van der Waals surface area contributed by atoms with E-state index in [1.54, 1.807) is 6.20 Å². The standard InChI is InChI=1S/C8H15N3/c1-6(2)8-10-4-5-11(8)7(3)9/h4-7H,9H2,1-3H3. The number of hydrogen-bond donors (Lipinski definition) is 1. The van der Waals surface area contributed by atoms with Gasteiger partial charge in [-0.1, -0.05) is 13.8 Å². The molecule has 1 heterocycles. The van der Waals surface area contributed by atoms with E-state index in [9.17, 15) is 0 Å². The van der Waals surface area contributed by atoms with E-state index in [2.05, 4.69) is 18.8 Å². The van der Waals surface area contributed by atoms with Gasteiger partial charge in [0.1, 0.15) is 5.82 Å². The Labute approximate surface area is 67.2 Å². The molecule has 0 aliphatic heterocycles. The first-order chi connectivity index (χ1) is 5.13. The molecule has 0 amide bonds. The fourth-order valence-corrected chi connectivity index (χ4v) is 1.12. The van der Waals surface area contributed by atoms with Crippen molar-refractivity contribution in [3.05, 3.63) is 18.2 Å². The first-order valence-corrected chi connectivity index (χ1v) is 3.91. The Morgan fingerprint density at radius 3 is 2.45 bits per heavy atom. The first kappa shape index (κ1) is 8.27. The topological polar surface area (TPSA) is 43.8 Å². The minimum atomic E-state index is 0.0231. The van der Waals surface area contributed by atoms with Crippen LogP contribution in [0, 0.1) is 0 Å². The van der Waals surface area contributed by atoms with Gasteiger partial charge in [-0.3, -0.25) is 0 Å². The minimum absolute atomic E-state index is 0.0231. The highest BCUT2D eigenvalue weighted by Crippen LogP contribution is 2.13. The van der Waals surface area contributed by atoms with Crippen molar-refractivity contribution in [3.63, 3.8) is 0 Å². The summed E-state index contributed by atoms with van der Waals surface area (Å²) in [4.78, 5) is 4.22. The zero-order chi connectivity index (χ0) is 8.43. The summed E-state index contributed by atoms with van der Waals surface area (Å²) in [7, 11) is 0. The maximum Gasteiger partial charge on any atom is 0.112 e. The number of aromatic nitrogens is 2. The van der Waals surface area contributed by atoms with E-state index >= 15 is 0 Å². The van der Waals surface area contributed by atoms with Crippen LogP contribution < -0.4 is 5.73 Å². The third kappa shape index (κ3) is 1.60. The fraction of sp³-hybridized carbons (Fsp3) is 0.625. The molecule has 0 radical (unpaired) electrons. The Morgan fingerprint density at radius 1 is 1.45 bits per heavy atom. The highest BCUT2D eigenvalue weighted by molar-refractivity contribution is 4.98. The van der Waals surface area contributed by atoms with Crippen LogP contribution in [0.15, 0.2) is 12.4 Å². The molecular formula is C8H15N3. The van der Waals surface area contributed by atoms with Gasteiger partial charge in [0.05, 0.1) is 6.17 Å². The van der Waals surface area contributed by atoms with Gasteiger partial charge in [-0.25, -0.2) is 4.98 Å². The molecule has 1 aromatic rings. The summed E-state index contributed by atoms with van der Waals surface area (Å²) >= 11 is 0. The van der Waals surface area contributed by atoms with Crippen molar-refractivity contribution in [1.29, 1.82) is 0 Å². The smallest absolute Gasteiger partial charge is 0.112 e. The van der Waals surface area contributed by atoms with Crippen LogP contribution in [0.5, 0.6) is 0 Å². The Morgan fingerprint density at radius 2 is 2.09 bits per heavy atom. The average molecular weight is 153 g/mol. The van der Waals surface area contributed by atoms with E-state index < -0.39 is 0 Å². The zero-order valence-electron chi connectivity index (χ0n) is 7.28. The molecular weight excluding hydrogens is 138 g/mol. The molecule has 0 fully saturated rings. The van der Waals surface area contributed by atoms with Gasteiger partial charge in [0.25, 0.3) is 0 Å². The second-order valence-corrected chi connectivity index (χ2v) is 3.09. The minimum Gasteiger partial charge on any atom is -0.319 e. The number of nitrogens with zero attached hydrogens (tertiary/aromatic N) is 2. The largest absolute Gasteiger partial charge is 0.319 e. The van der Waals surface area contributed by atoms with Gasteiger partial charge in [-0.05, 0) is 6.92 Å². The second-order valence-electron chi connectivity index (χ2n) is 3.09. The van der Waals surface area contributed by atoms with Crippen molar-refractivity contribution in [1.82, 2.24) is 9.55 Å². The summed E-state index contributed by atoms with van der Waals surface area (Å²) in [5.41, 5.74) is 5.72. The number of nitrogens with two attached hydrogens (primary N) is 1. The van der Waals surface area contributed by atoms with Gasteiger partial charge in [-0.15, -0.1) is 0 Å². The van der Waals surface area contributed by atoms with Crippen molar-refractivity contribution in [2.75, 3.05) is 0 Å². The first-order valence-electron chi connectivity index (χ1n) is 3.91. The van der Waals surface area contributed by atoms with Gasteiger partial charge >= 0.3 is 0 Å². The molecule has 0 saturated carbocycles. The molecule has 1 rings (SSSR count). The van der Waals surface area contributed by atoms with E-state index in [1.807, 2.05) is 17.7 Å². The molecule has 0 spiro atoms. The number of hydrogen-bond acceptors (Lipinski definition) is 2. The quantitative estimate of drug-likeness (QED) is 0.699. The monoisotopic (exact) mass is 153 g/mol. The Bertz CT molecular complexity index is 202. The van der Waals surface area contributed by atoms with E-state index in [0.29, 0.717) is 5.92 Å². The third-order valence-electron chi connectivity index (χ3n) is 1.65. The Hall–Kier alpha value is -0.830. The maximum atomic E-state index is 5.72. The van der Waals surface area contributed by atoms with Crippen LogP contribution in [-0.2, 0) is 0 Å². The summed E-state index contributed by atoms with van der Waals surface area (Å²) in [6.45, 7) is 6.18. The Kier molecular flexibility index (Phi) is 2.29. The predicted octanol–water partition coefficient (Wildman–Crippen LogP) is 1.48. The lowest BCUT2D eigenvalue weighted by atomic mass is 10.2. The van der Waals surface area contributed by atoms with Crippen molar-refractivity contribution in [2.45, 2.75) is 32.9 Å². The summed E-state index contributed by atoms with van der Waals surface area (Å²) in [6, 6.07) is 0. The summed E-state index contributed by atoms with van der Waals surface area (Å²) in [5.74, 6) is 1.50. The van der Waals surface area contributed by atoms with Gasteiger partial charge < -0.3 is 10.3 Å². The summed E-state index contributed by atoms with van der Waals surface area (Å²) < 4.78 is 1.99. The van der Waals surface area contributed by atoms with Crippen LogP contribution in [0.25, 0.3) is 0 Å². The lowest BCUT2D eigenvalue weighted by molar-refractivity contribution is 0.528. The van der Waals surface area contributed by atoms with Crippen molar-refractivity contribution >= 4 is 0 Å². The molecule has 3 heteroatoms. The molecule has 0 aliphatic carbocycles.